The van der Waals surface area contributed by atoms with Crippen LogP contribution >= 0.6 is 22.9 Å². The normalized spacial score (nSPS) is 14.6. The highest BCUT2D eigenvalue weighted by Gasteiger charge is 2.23. The van der Waals surface area contributed by atoms with Crippen molar-refractivity contribution in [2.75, 3.05) is 5.32 Å². The fourth-order valence-electron chi connectivity index (χ4n) is 1.81. The van der Waals surface area contributed by atoms with Gasteiger partial charge in [-0.25, -0.2) is 9.67 Å². The summed E-state index contributed by atoms with van der Waals surface area (Å²) >= 11 is 7.58. The van der Waals surface area contributed by atoms with Crippen molar-refractivity contribution in [3.8, 4) is 0 Å². The van der Waals surface area contributed by atoms with Crippen LogP contribution in [0.2, 0.25) is 5.02 Å². The quantitative estimate of drug-likeness (QED) is 0.920. The summed E-state index contributed by atoms with van der Waals surface area (Å²) in [6.45, 7) is 1.18. The number of anilines is 1. The highest BCUT2D eigenvalue weighted by molar-refractivity contribution is 7.09. The van der Waals surface area contributed by atoms with Crippen molar-refractivity contribution in [3.05, 3.63) is 38.2 Å². The van der Waals surface area contributed by atoms with Crippen LogP contribution in [0.5, 0.6) is 0 Å². The molecule has 0 amide bonds. The maximum absolute atomic E-state index is 12.2. The van der Waals surface area contributed by atoms with Gasteiger partial charge in [-0.1, -0.05) is 11.6 Å². The second kappa shape index (κ2) is 5.30. The SMILES string of the molecule is O=c1c(NCc2nccs2)c(Cl)cnn1CC1CC1. The van der Waals surface area contributed by atoms with Crippen LogP contribution < -0.4 is 10.9 Å². The Hall–Kier alpha value is -1.40. The first kappa shape index (κ1) is 12.6. The molecule has 2 aromatic heterocycles. The molecule has 0 atom stereocenters. The molecule has 0 spiro atoms. The van der Waals surface area contributed by atoms with E-state index in [0.29, 0.717) is 29.7 Å². The standard InChI is InChI=1S/C12H13ClN4OS/c13-9-5-16-17(7-8-1-2-8)12(18)11(9)15-6-10-14-3-4-19-10/h3-5,8,15H,1-2,6-7H2. The van der Waals surface area contributed by atoms with Crippen molar-refractivity contribution < 1.29 is 0 Å². The maximum atomic E-state index is 12.2. The van der Waals surface area contributed by atoms with Gasteiger partial charge < -0.3 is 5.32 Å². The molecule has 0 aliphatic heterocycles. The van der Waals surface area contributed by atoms with Crippen molar-refractivity contribution in [1.29, 1.82) is 0 Å². The number of nitrogens with zero attached hydrogens (tertiary/aromatic N) is 3. The molecular weight excluding hydrogens is 284 g/mol. The lowest BCUT2D eigenvalue weighted by Crippen LogP contribution is -2.26. The average Bonchev–Trinajstić information content (AvgIpc) is 3.06. The highest BCUT2D eigenvalue weighted by atomic mass is 35.5. The second-order valence-electron chi connectivity index (χ2n) is 4.58. The van der Waals surface area contributed by atoms with Gasteiger partial charge >= 0.3 is 0 Å². The summed E-state index contributed by atoms with van der Waals surface area (Å²) < 4.78 is 1.49. The molecule has 0 aromatic carbocycles. The Morgan fingerprint density at radius 2 is 2.37 bits per heavy atom. The van der Waals surface area contributed by atoms with Gasteiger partial charge in [-0.05, 0) is 18.8 Å². The third-order valence-electron chi connectivity index (χ3n) is 3.03. The third-order valence-corrected chi connectivity index (χ3v) is 4.09. The highest BCUT2D eigenvalue weighted by Crippen LogP contribution is 2.30. The molecule has 100 valence electrons. The summed E-state index contributed by atoms with van der Waals surface area (Å²) in [5.41, 5.74) is 0.253. The molecule has 0 bridgehead atoms. The zero-order valence-electron chi connectivity index (χ0n) is 10.2. The van der Waals surface area contributed by atoms with Gasteiger partial charge in [0.15, 0.2) is 0 Å². The smallest absolute Gasteiger partial charge is 0.291 e. The summed E-state index contributed by atoms with van der Waals surface area (Å²) in [6, 6.07) is 0. The van der Waals surface area contributed by atoms with Gasteiger partial charge in [-0.3, -0.25) is 4.79 Å². The molecule has 1 saturated carbocycles. The van der Waals surface area contributed by atoms with Gasteiger partial charge in [0.2, 0.25) is 0 Å². The minimum atomic E-state index is -0.157. The van der Waals surface area contributed by atoms with Gasteiger partial charge in [0.25, 0.3) is 5.56 Å². The monoisotopic (exact) mass is 296 g/mol. The van der Waals surface area contributed by atoms with Crippen molar-refractivity contribution in [1.82, 2.24) is 14.8 Å². The minimum absolute atomic E-state index is 0.157. The van der Waals surface area contributed by atoms with E-state index in [1.54, 1.807) is 6.20 Å². The van der Waals surface area contributed by atoms with Gasteiger partial charge in [-0.15, -0.1) is 11.3 Å². The molecule has 0 radical (unpaired) electrons. The number of rotatable bonds is 5. The fraction of sp³-hybridized carbons (Fsp3) is 0.417. The Balaban J connectivity index is 1.80. The van der Waals surface area contributed by atoms with Crippen LogP contribution in [-0.4, -0.2) is 14.8 Å². The van der Waals surface area contributed by atoms with Gasteiger partial charge in [0.05, 0.1) is 17.8 Å². The van der Waals surface area contributed by atoms with Gasteiger partial charge in [-0.2, -0.15) is 5.10 Å². The summed E-state index contributed by atoms with van der Waals surface area (Å²) in [4.78, 5) is 16.4. The van der Waals surface area contributed by atoms with E-state index < -0.39 is 0 Å². The molecular formula is C12H13ClN4OS. The van der Waals surface area contributed by atoms with E-state index in [4.69, 9.17) is 11.6 Å². The van der Waals surface area contributed by atoms with Crippen LogP contribution in [0.4, 0.5) is 5.69 Å². The molecule has 0 unspecified atom stereocenters. The van der Waals surface area contributed by atoms with Crippen LogP contribution in [-0.2, 0) is 13.1 Å². The zero-order chi connectivity index (χ0) is 13.2. The Morgan fingerprint density at radius 1 is 1.53 bits per heavy atom. The van der Waals surface area contributed by atoms with Crippen LogP contribution in [0.25, 0.3) is 0 Å². The first-order valence-corrected chi connectivity index (χ1v) is 7.37. The van der Waals surface area contributed by atoms with Crippen LogP contribution in [0.15, 0.2) is 22.6 Å². The number of aromatic nitrogens is 3. The van der Waals surface area contributed by atoms with E-state index >= 15 is 0 Å². The third kappa shape index (κ3) is 2.96. The summed E-state index contributed by atoms with van der Waals surface area (Å²) in [5, 5.41) is 10.3. The molecule has 3 rings (SSSR count). The Kier molecular flexibility index (Phi) is 3.52. The summed E-state index contributed by atoms with van der Waals surface area (Å²) in [6.07, 6.45) is 5.62. The molecule has 2 heterocycles. The minimum Gasteiger partial charge on any atom is -0.373 e. The number of hydrogen-bond donors (Lipinski definition) is 1. The lowest BCUT2D eigenvalue weighted by molar-refractivity contribution is 0.534. The fourth-order valence-corrected chi connectivity index (χ4v) is 2.56. The molecule has 1 aliphatic carbocycles. The second-order valence-corrected chi connectivity index (χ2v) is 5.96. The Labute approximate surface area is 119 Å². The maximum Gasteiger partial charge on any atom is 0.291 e. The number of halogens is 1. The van der Waals surface area contributed by atoms with E-state index in [2.05, 4.69) is 15.4 Å². The van der Waals surface area contributed by atoms with E-state index in [-0.39, 0.29) is 5.56 Å². The van der Waals surface area contributed by atoms with Crippen molar-refractivity contribution in [3.63, 3.8) is 0 Å². The summed E-state index contributed by atoms with van der Waals surface area (Å²) in [5.74, 6) is 0.596. The van der Waals surface area contributed by atoms with Crippen LogP contribution in [0.3, 0.4) is 0 Å². The molecule has 5 nitrogen and oxygen atoms in total. The van der Waals surface area contributed by atoms with E-state index in [1.807, 2.05) is 5.38 Å². The molecule has 0 saturated heterocycles. The average molecular weight is 297 g/mol. The van der Waals surface area contributed by atoms with Crippen LogP contribution in [0, 0.1) is 5.92 Å². The molecule has 19 heavy (non-hydrogen) atoms. The predicted octanol–water partition coefficient (Wildman–Crippen LogP) is 2.38. The topological polar surface area (TPSA) is 59.8 Å². The van der Waals surface area contributed by atoms with E-state index in [9.17, 15) is 4.79 Å². The van der Waals surface area contributed by atoms with Crippen LogP contribution in [0.1, 0.15) is 17.8 Å². The van der Waals surface area contributed by atoms with E-state index in [0.717, 1.165) is 5.01 Å². The van der Waals surface area contributed by atoms with Crippen molar-refractivity contribution in [2.45, 2.75) is 25.9 Å². The Morgan fingerprint density at radius 3 is 3.05 bits per heavy atom. The van der Waals surface area contributed by atoms with E-state index in [1.165, 1.54) is 35.1 Å². The molecule has 1 fully saturated rings. The molecule has 2 aromatic rings. The lowest BCUT2D eigenvalue weighted by atomic mass is 10.4. The Bertz CT molecular complexity index is 621. The lowest BCUT2D eigenvalue weighted by Gasteiger charge is -2.09. The largest absolute Gasteiger partial charge is 0.373 e. The zero-order valence-corrected chi connectivity index (χ0v) is 11.7. The molecule has 1 N–H and O–H groups in total. The first-order chi connectivity index (χ1) is 9.24. The van der Waals surface area contributed by atoms with Crippen molar-refractivity contribution >= 4 is 28.6 Å². The predicted molar refractivity (Wildman–Crippen MR) is 75.7 cm³/mol. The number of nitrogens with one attached hydrogen (secondary N) is 1. The van der Waals surface area contributed by atoms with Crippen molar-refractivity contribution in [2.24, 2.45) is 5.92 Å². The molecule has 7 heteroatoms. The van der Waals surface area contributed by atoms with Gasteiger partial charge in [0, 0.05) is 18.1 Å². The number of thiazole rings is 1. The molecule has 1 aliphatic rings. The van der Waals surface area contributed by atoms with Gasteiger partial charge in [0.1, 0.15) is 10.7 Å². The number of hydrogen-bond acceptors (Lipinski definition) is 5. The first-order valence-electron chi connectivity index (χ1n) is 6.12. The summed E-state index contributed by atoms with van der Waals surface area (Å²) in [7, 11) is 0.